The Balaban J connectivity index is 2.27. The lowest BCUT2D eigenvalue weighted by molar-refractivity contribution is -0.116. The Kier molecular flexibility index (Phi) is 6.74. The molecule has 1 N–H and O–H groups in total. The Morgan fingerprint density at radius 3 is 2.46 bits per heavy atom. The van der Waals surface area contributed by atoms with Gasteiger partial charge in [0, 0.05) is 5.69 Å². The molecule has 0 heterocycles. The topological polar surface area (TPSA) is 92.8 Å². The first-order chi connectivity index (χ1) is 13.1. The van der Waals surface area contributed by atoms with E-state index in [9.17, 15) is 22.4 Å². The summed E-state index contributed by atoms with van der Waals surface area (Å²) < 4.78 is 43.7. The molecular weight excluding hydrogens is 387 g/mol. The zero-order valence-electron chi connectivity index (χ0n) is 15.7. The molecule has 0 fully saturated rings. The Morgan fingerprint density at radius 1 is 1.18 bits per heavy atom. The Bertz CT molecular complexity index is 978. The molecule has 0 spiro atoms. The second kappa shape index (κ2) is 8.83. The van der Waals surface area contributed by atoms with E-state index in [1.807, 2.05) is 0 Å². The molecule has 0 aromatic heterocycles. The van der Waals surface area contributed by atoms with Crippen LogP contribution in [-0.4, -0.2) is 39.2 Å². The highest BCUT2D eigenvalue weighted by Gasteiger charge is 2.29. The highest BCUT2D eigenvalue weighted by Crippen LogP contribution is 2.22. The summed E-state index contributed by atoms with van der Waals surface area (Å²) in [7, 11) is -3.87. The number of ether oxygens (including phenoxy) is 1. The van der Waals surface area contributed by atoms with Crippen molar-refractivity contribution in [1.82, 2.24) is 0 Å². The van der Waals surface area contributed by atoms with Crippen molar-refractivity contribution in [2.75, 3.05) is 22.5 Å². The second-order valence-electron chi connectivity index (χ2n) is 6.01. The summed E-state index contributed by atoms with van der Waals surface area (Å²) >= 11 is 0. The summed E-state index contributed by atoms with van der Waals surface area (Å²) in [6.07, 6.45) is 0.934. The van der Waals surface area contributed by atoms with Gasteiger partial charge in [0.2, 0.25) is 15.9 Å². The minimum atomic E-state index is -3.87. The summed E-state index contributed by atoms with van der Waals surface area (Å²) in [6, 6.07) is 9.88. The molecule has 0 aliphatic carbocycles. The van der Waals surface area contributed by atoms with Gasteiger partial charge in [-0.25, -0.2) is 17.6 Å². The molecular formula is C19H21FN2O5S. The summed E-state index contributed by atoms with van der Waals surface area (Å²) in [6.45, 7) is 3.28. The van der Waals surface area contributed by atoms with Crippen molar-refractivity contribution in [3.8, 4) is 0 Å². The average molecular weight is 408 g/mol. The first-order valence-electron chi connectivity index (χ1n) is 8.46. The third-order valence-electron chi connectivity index (χ3n) is 3.79. The maximum absolute atomic E-state index is 13.5. The monoisotopic (exact) mass is 408 g/mol. The molecule has 1 amide bonds. The minimum Gasteiger partial charge on any atom is -0.462 e. The lowest BCUT2D eigenvalue weighted by Crippen LogP contribution is -2.45. The number of carbonyl (C=O) groups is 2. The van der Waals surface area contributed by atoms with Crippen LogP contribution in [0.25, 0.3) is 0 Å². The van der Waals surface area contributed by atoms with Crippen LogP contribution in [0.2, 0.25) is 0 Å². The van der Waals surface area contributed by atoms with Crippen LogP contribution in [0.15, 0.2) is 48.5 Å². The quantitative estimate of drug-likeness (QED) is 0.711. The fourth-order valence-electron chi connectivity index (χ4n) is 2.61. The van der Waals surface area contributed by atoms with E-state index in [-0.39, 0.29) is 17.9 Å². The minimum absolute atomic E-state index is 0.0328. The van der Waals surface area contributed by atoms with Crippen molar-refractivity contribution >= 4 is 33.3 Å². The van der Waals surface area contributed by atoms with Gasteiger partial charge >= 0.3 is 5.97 Å². The molecule has 2 rings (SSSR count). The van der Waals surface area contributed by atoms with Gasteiger partial charge in [0.1, 0.15) is 11.9 Å². The van der Waals surface area contributed by atoms with Gasteiger partial charge in [0.25, 0.3) is 0 Å². The van der Waals surface area contributed by atoms with Crippen LogP contribution in [0.3, 0.4) is 0 Å². The standard InChI is InChI=1S/C19H21FN2O5S/c1-4-27-19(24)14-7-5-9-16(11-14)21-18(23)13(2)22(28(3,25)26)17-10-6-8-15(20)12-17/h5-13H,4H2,1-3H3,(H,21,23). The Morgan fingerprint density at radius 2 is 1.86 bits per heavy atom. The molecule has 0 saturated heterocycles. The van der Waals surface area contributed by atoms with Crippen LogP contribution >= 0.6 is 0 Å². The van der Waals surface area contributed by atoms with E-state index in [2.05, 4.69) is 5.32 Å². The Hall–Kier alpha value is -2.94. The van der Waals surface area contributed by atoms with E-state index in [0.717, 1.165) is 16.6 Å². The van der Waals surface area contributed by atoms with E-state index in [1.54, 1.807) is 19.1 Å². The van der Waals surface area contributed by atoms with E-state index in [1.165, 1.54) is 37.3 Å². The number of nitrogens with one attached hydrogen (secondary N) is 1. The van der Waals surface area contributed by atoms with Gasteiger partial charge < -0.3 is 10.1 Å². The van der Waals surface area contributed by atoms with Crippen LogP contribution in [0.1, 0.15) is 24.2 Å². The molecule has 0 saturated carbocycles. The first kappa shape index (κ1) is 21.4. The number of sulfonamides is 1. The first-order valence-corrected chi connectivity index (χ1v) is 10.3. The van der Waals surface area contributed by atoms with Gasteiger partial charge in [-0.3, -0.25) is 9.10 Å². The van der Waals surface area contributed by atoms with Gasteiger partial charge in [-0.2, -0.15) is 0 Å². The third kappa shape index (κ3) is 5.29. The predicted molar refractivity (Wildman–Crippen MR) is 104 cm³/mol. The SMILES string of the molecule is CCOC(=O)c1cccc(NC(=O)C(C)N(c2cccc(F)c2)S(C)(=O)=O)c1. The predicted octanol–water partition coefficient (Wildman–Crippen LogP) is 2.80. The third-order valence-corrected chi connectivity index (χ3v) is 5.03. The summed E-state index contributed by atoms with van der Waals surface area (Å²) in [5.74, 6) is -1.80. The lowest BCUT2D eigenvalue weighted by Gasteiger charge is -2.28. The summed E-state index contributed by atoms with van der Waals surface area (Å²) in [5, 5.41) is 2.57. The summed E-state index contributed by atoms with van der Waals surface area (Å²) in [5.41, 5.74) is 0.581. The molecule has 150 valence electrons. The number of hydrogen-bond donors (Lipinski definition) is 1. The molecule has 0 aliphatic rings. The van der Waals surface area contributed by atoms with Crippen molar-refractivity contribution < 1.29 is 27.1 Å². The van der Waals surface area contributed by atoms with Crippen molar-refractivity contribution in [1.29, 1.82) is 0 Å². The maximum atomic E-state index is 13.5. The fourth-order valence-corrected chi connectivity index (χ4v) is 3.77. The molecule has 0 radical (unpaired) electrons. The molecule has 1 atom stereocenters. The van der Waals surface area contributed by atoms with Crippen LogP contribution < -0.4 is 9.62 Å². The normalized spacial score (nSPS) is 12.1. The van der Waals surface area contributed by atoms with Crippen molar-refractivity contribution in [2.24, 2.45) is 0 Å². The van der Waals surface area contributed by atoms with Crippen molar-refractivity contribution in [2.45, 2.75) is 19.9 Å². The fraction of sp³-hybridized carbons (Fsp3) is 0.263. The van der Waals surface area contributed by atoms with E-state index >= 15 is 0 Å². The number of nitrogens with zero attached hydrogens (tertiary/aromatic N) is 1. The van der Waals surface area contributed by atoms with Crippen LogP contribution in [0.4, 0.5) is 15.8 Å². The maximum Gasteiger partial charge on any atom is 0.338 e. The van der Waals surface area contributed by atoms with E-state index in [0.29, 0.717) is 5.69 Å². The lowest BCUT2D eigenvalue weighted by atomic mass is 10.2. The number of esters is 1. The average Bonchev–Trinajstić information content (AvgIpc) is 2.61. The number of rotatable bonds is 7. The largest absolute Gasteiger partial charge is 0.462 e. The van der Waals surface area contributed by atoms with Gasteiger partial charge in [-0.15, -0.1) is 0 Å². The number of halogens is 1. The number of carbonyl (C=O) groups excluding carboxylic acids is 2. The molecule has 2 aromatic rings. The molecule has 7 nitrogen and oxygen atoms in total. The molecule has 2 aromatic carbocycles. The second-order valence-corrected chi connectivity index (χ2v) is 7.86. The van der Waals surface area contributed by atoms with Gasteiger partial charge in [-0.1, -0.05) is 12.1 Å². The zero-order chi connectivity index (χ0) is 20.9. The van der Waals surface area contributed by atoms with Crippen LogP contribution in [-0.2, 0) is 19.6 Å². The van der Waals surface area contributed by atoms with Crippen molar-refractivity contribution in [3.63, 3.8) is 0 Å². The number of hydrogen-bond acceptors (Lipinski definition) is 5. The van der Waals surface area contributed by atoms with Gasteiger partial charge in [-0.05, 0) is 50.2 Å². The molecule has 9 heteroatoms. The number of benzene rings is 2. The van der Waals surface area contributed by atoms with E-state index < -0.39 is 33.8 Å². The Labute approximate surface area is 163 Å². The molecule has 28 heavy (non-hydrogen) atoms. The highest BCUT2D eigenvalue weighted by molar-refractivity contribution is 7.92. The van der Waals surface area contributed by atoms with E-state index in [4.69, 9.17) is 4.74 Å². The van der Waals surface area contributed by atoms with Gasteiger partial charge in [0.05, 0.1) is 24.1 Å². The zero-order valence-corrected chi connectivity index (χ0v) is 16.5. The smallest absolute Gasteiger partial charge is 0.338 e. The van der Waals surface area contributed by atoms with Crippen LogP contribution in [0.5, 0.6) is 0 Å². The van der Waals surface area contributed by atoms with Crippen molar-refractivity contribution in [3.05, 3.63) is 59.9 Å². The van der Waals surface area contributed by atoms with Crippen LogP contribution in [0, 0.1) is 5.82 Å². The molecule has 0 bridgehead atoms. The number of anilines is 2. The van der Waals surface area contributed by atoms with Gasteiger partial charge in [0.15, 0.2) is 0 Å². The highest BCUT2D eigenvalue weighted by atomic mass is 32.2. The molecule has 1 unspecified atom stereocenters. The molecule has 0 aliphatic heterocycles. The summed E-state index contributed by atoms with van der Waals surface area (Å²) in [4.78, 5) is 24.5. The number of amides is 1.